The SMILES string of the molecule is CN(C)C(=O)Cn1cc(-c2cc(F)ccc2O)cn1. The second kappa shape index (κ2) is 5.09. The van der Waals surface area contributed by atoms with Crippen LogP contribution >= 0.6 is 0 Å². The number of hydrogen-bond acceptors (Lipinski definition) is 3. The van der Waals surface area contributed by atoms with Crippen molar-refractivity contribution < 1.29 is 14.3 Å². The van der Waals surface area contributed by atoms with Gasteiger partial charge in [0.05, 0.1) is 6.20 Å². The number of halogens is 1. The predicted octanol–water partition coefficient (Wildman–Crippen LogP) is 1.48. The van der Waals surface area contributed by atoms with Gasteiger partial charge in [0.1, 0.15) is 18.1 Å². The van der Waals surface area contributed by atoms with Crippen LogP contribution in [0.2, 0.25) is 0 Å². The summed E-state index contributed by atoms with van der Waals surface area (Å²) >= 11 is 0. The molecule has 0 aliphatic rings. The molecular formula is C13H14FN3O2. The number of rotatable bonds is 3. The summed E-state index contributed by atoms with van der Waals surface area (Å²) in [5.74, 6) is -0.567. The molecule has 0 unspecified atom stereocenters. The normalized spacial score (nSPS) is 10.5. The van der Waals surface area contributed by atoms with Crippen molar-refractivity contribution in [3.05, 3.63) is 36.4 Å². The summed E-state index contributed by atoms with van der Waals surface area (Å²) in [6, 6.07) is 3.69. The monoisotopic (exact) mass is 263 g/mol. The predicted molar refractivity (Wildman–Crippen MR) is 68.0 cm³/mol. The number of carbonyl (C=O) groups is 1. The van der Waals surface area contributed by atoms with Gasteiger partial charge < -0.3 is 10.0 Å². The topological polar surface area (TPSA) is 58.4 Å². The number of carbonyl (C=O) groups excluding carboxylic acids is 1. The summed E-state index contributed by atoms with van der Waals surface area (Å²) in [7, 11) is 3.32. The van der Waals surface area contributed by atoms with Crippen molar-refractivity contribution in [2.24, 2.45) is 0 Å². The van der Waals surface area contributed by atoms with Crippen LogP contribution < -0.4 is 0 Å². The zero-order valence-electron chi connectivity index (χ0n) is 10.7. The lowest BCUT2D eigenvalue weighted by Crippen LogP contribution is -2.26. The number of amides is 1. The molecule has 1 aromatic carbocycles. The molecule has 0 radical (unpaired) electrons. The molecule has 2 aromatic rings. The average molecular weight is 263 g/mol. The molecule has 1 aromatic heterocycles. The van der Waals surface area contributed by atoms with Crippen molar-refractivity contribution in [3.8, 4) is 16.9 Å². The van der Waals surface area contributed by atoms with Gasteiger partial charge in [-0.2, -0.15) is 5.10 Å². The molecule has 5 nitrogen and oxygen atoms in total. The van der Waals surface area contributed by atoms with E-state index in [0.29, 0.717) is 11.1 Å². The quantitative estimate of drug-likeness (QED) is 0.912. The Bertz CT molecular complexity index is 608. The summed E-state index contributed by atoms with van der Waals surface area (Å²) in [4.78, 5) is 13.0. The molecule has 0 bridgehead atoms. The highest BCUT2D eigenvalue weighted by Gasteiger charge is 2.10. The Morgan fingerprint density at radius 2 is 2.21 bits per heavy atom. The van der Waals surface area contributed by atoms with Crippen LogP contribution in [0.15, 0.2) is 30.6 Å². The first-order chi connectivity index (χ1) is 8.97. The molecule has 0 saturated heterocycles. The van der Waals surface area contributed by atoms with E-state index < -0.39 is 5.82 Å². The van der Waals surface area contributed by atoms with Crippen LogP contribution in [-0.4, -0.2) is 39.8 Å². The summed E-state index contributed by atoms with van der Waals surface area (Å²) in [6.07, 6.45) is 3.08. The number of nitrogens with zero attached hydrogens (tertiary/aromatic N) is 3. The van der Waals surface area contributed by atoms with Crippen molar-refractivity contribution >= 4 is 5.91 Å². The Morgan fingerprint density at radius 3 is 2.89 bits per heavy atom. The lowest BCUT2D eigenvalue weighted by atomic mass is 10.1. The van der Waals surface area contributed by atoms with Gasteiger partial charge in [-0.1, -0.05) is 0 Å². The number of phenolic OH excluding ortho intramolecular Hbond substituents is 1. The van der Waals surface area contributed by atoms with Crippen molar-refractivity contribution in [1.29, 1.82) is 0 Å². The van der Waals surface area contributed by atoms with E-state index in [9.17, 15) is 14.3 Å². The molecule has 2 rings (SSSR count). The number of phenols is 1. The second-order valence-corrected chi connectivity index (χ2v) is 4.38. The molecule has 1 amide bonds. The van der Waals surface area contributed by atoms with Crippen LogP contribution in [0.25, 0.3) is 11.1 Å². The minimum atomic E-state index is -0.440. The van der Waals surface area contributed by atoms with Crippen molar-refractivity contribution in [2.75, 3.05) is 14.1 Å². The molecule has 19 heavy (non-hydrogen) atoms. The summed E-state index contributed by atoms with van der Waals surface area (Å²) in [5, 5.41) is 13.7. The zero-order valence-corrected chi connectivity index (χ0v) is 10.7. The van der Waals surface area contributed by atoms with Crippen LogP contribution in [0.3, 0.4) is 0 Å². The van der Waals surface area contributed by atoms with E-state index in [2.05, 4.69) is 5.10 Å². The molecule has 100 valence electrons. The third-order valence-corrected chi connectivity index (χ3v) is 2.70. The summed E-state index contributed by atoms with van der Waals surface area (Å²) in [5.41, 5.74) is 0.909. The minimum Gasteiger partial charge on any atom is -0.507 e. The van der Waals surface area contributed by atoms with Crippen LogP contribution in [0.1, 0.15) is 0 Å². The first kappa shape index (κ1) is 13.1. The molecule has 0 aliphatic carbocycles. The van der Waals surface area contributed by atoms with Crippen LogP contribution in [-0.2, 0) is 11.3 Å². The van der Waals surface area contributed by atoms with Gasteiger partial charge >= 0.3 is 0 Å². The van der Waals surface area contributed by atoms with E-state index in [1.807, 2.05) is 0 Å². The molecule has 0 spiro atoms. The molecule has 0 saturated carbocycles. The van der Waals surface area contributed by atoms with Gasteiger partial charge in [0.15, 0.2) is 0 Å². The first-order valence-electron chi connectivity index (χ1n) is 5.69. The molecule has 6 heteroatoms. The molecule has 1 heterocycles. The lowest BCUT2D eigenvalue weighted by molar-refractivity contribution is -0.129. The van der Waals surface area contributed by atoms with Gasteiger partial charge in [-0.05, 0) is 18.2 Å². The van der Waals surface area contributed by atoms with E-state index in [1.54, 1.807) is 20.3 Å². The number of aromatic hydroxyl groups is 1. The van der Waals surface area contributed by atoms with E-state index >= 15 is 0 Å². The van der Waals surface area contributed by atoms with Gasteiger partial charge in [0, 0.05) is 31.4 Å². The van der Waals surface area contributed by atoms with Gasteiger partial charge in [-0.15, -0.1) is 0 Å². The Hall–Kier alpha value is -2.37. The maximum absolute atomic E-state index is 13.2. The highest BCUT2D eigenvalue weighted by atomic mass is 19.1. The standard InChI is InChI=1S/C13H14FN3O2/c1-16(2)13(19)8-17-7-9(6-15-17)11-5-10(14)3-4-12(11)18/h3-7,18H,8H2,1-2H3. The van der Waals surface area contributed by atoms with Gasteiger partial charge in [0.2, 0.25) is 5.91 Å². The molecule has 0 fully saturated rings. The number of aromatic nitrogens is 2. The number of benzene rings is 1. The molecule has 0 atom stereocenters. The second-order valence-electron chi connectivity index (χ2n) is 4.38. The Morgan fingerprint density at radius 1 is 1.47 bits per heavy atom. The smallest absolute Gasteiger partial charge is 0.243 e. The van der Waals surface area contributed by atoms with Crippen molar-refractivity contribution in [3.63, 3.8) is 0 Å². The fourth-order valence-corrected chi connectivity index (χ4v) is 1.61. The maximum atomic E-state index is 13.2. The minimum absolute atomic E-state index is 0.0279. The average Bonchev–Trinajstić information content (AvgIpc) is 2.80. The van der Waals surface area contributed by atoms with Gasteiger partial charge in [-0.25, -0.2) is 4.39 Å². The summed E-state index contributed by atoms with van der Waals surface area (Å²) in [6.45, 7) is 0.100. The van der Waals surface area contributed by atoms with E-state index in [4.69, 9.17) is 0 Å². The third-order valence-electron chi connectivity index (χ3n) is 2.70. The van der Waals surface area contributed by atoms with Crippen LogP contribution in [0, 0.1) is 5.82 Å². The summed E-state index contributed by atoms with van der Waals surface area (Å²) < 4.78 is 14.6. The van der Waals surface area contributed by atoms with Crippen molar-refractivity contribution in [1.82, 2.24) is 14.7 Å². The van der Waals surface area contributed by atoms with Gasteiger partial charge in [0.25, 0.3) is 0 Å². The zero-order chi connectivity index (χ0) is 14.0. The Labute approximate surface area is 109 Å². The first-order valence-corrected chi connectivity index (χ1v) is 5.69. The molecule has 0 aliphatic heterocycles. The maximum Gasteiger partial charge on any atom is 0.243 e. The van der Waals surface area contributed by atoms with Gasteiger partial charge in [-0.3, -0.25) is 9.48 Å². The number of likely N-dealkylation sites (N-methyl/N-ethyl adjacent to an activating group) is 1. The van der Waals surface area contributed by atoms with Crippen LogP contribution in [0.4, 0.5) is 4.39 Å². The largest absolute Gasteiger partial charge is 0.507 e. The third kappa shape index (κ3) is 2.90. The molecular weight excluding hydrogens is 249 g/mol. The molecule has 1 N–H and O–H groups in total. The fraction of sp³-hybridized carbons (Fsp3) is 0.231. The Balaban J connectivity index is 2.26. The van der Waals surface area contributed by atoms with E-state index in [0.717, 1.165) is 0 Å². The highest BCUT2D eigenvalue weighted by Crippen LogP contribution is 2.29. The lowest BCUT2D eigenvalue weighted by Gasteiger charge is -2.09. The van der Waals surface area contributed by atoms with Crippen LogP contribution in [0.5, 0.6) is 5.75 Å². The fourth-order valence-electron chi connectivity index (χ4n) is 1.61. The van der Waals surface area contributed by atoms with E-state index in [1.165, 1.54) is 34.0 Å². The Kier molecular flexibility index (Phi) is 3.50. The number of hydrogen-bond donors (Lipinski definition) is 1. The van der Waals surface area contributed by atoms with Crippen molar-refractivity contribution in [2.45, 2.75) is 6.54 Å². The highest BCUT2D eigenvalue weighted by molar-refractivity contribution is 5.75. The van der Waals surface area contributed by atoms with E-state index in [-0.39, 0.29) is 18.2 Å².